The lowest BCUT2D eigenvalue weighted by Gasteiger charge is -2.38. The van der Waals surface area contributed by atoms with Crippen LogP contribution in [0.2, 0.25) is 0 Å². The Morgan fingerprint density at radius 2 is 2.00 bits per heavy atom. The topological polar surface area (TPSA) is 38.3 Å². The van der Waals surface area contributed by atoms with Gasteiger partial charge in [-0.2, -0.15) is 0 Å². The number of halogens is 1. The molecule has 4 nitrogen and oxygen atoms in total. The molecule has 1 aromatic rings. The third kappa shape index (κ3) is 2.27. The van der Waals surface area contributed by atoms with Crippen molar-refractivity contribution < 1.29 is 4.74 Å². The molecule has 2 atom stereocenters. The first kappa shape index (κ1) is 13.0. The Kier molecular flexibility index (Phi) is 3.52. The molecule has 0 N–H and O–H groups in total. The van der Waals surface area contributed by atoms with Gasteiger partial charge >= 0.3 is 0 Å². The zero-order valence-corrected chi connectivity index (χ0v) is 12.2. The van der Waals surface area contributed by atoms with Crippen LogP contribution < -0.4 is 9.64 Å². The van der Waals surface area contributed by atoms with E-state index in [4.69, 9.17) is 16.3 Å². The molecule has 2 aliphatic heterocycles. The molecule has 19 heavy (non-hydrogen) atoms. The van der Waals surface area contributed by atoms with Crippen LogP contribution in [0.15, 0.2) is 6.33 Å². The molecule has 3 rings (SSSR count). The summed E-state index contributed by atoms with van der Waals surface area (Å²) >= 11 is 6.34. The maximum atomic E-state index is 6.34. The fourth-order valence-electron chi connectivity index (χ4n) is 3.42. The maximum absolute atomic E-state index is 6.34. The highest BCUT2D eigenvalue weighted by Crippen LogP contribution is 2.41. The smallest absolute Gasteiger partial charge is 0.221 e. The van der Waals surface area contributed by atoms with E-state index in [0.717, 1.165) is 24.2 Å². The number of hydrogen-bond donors (Lipinski definition) is 0. The predicted molar refractivity (Wildman–Crippen MR) is 76.1 cm³/mol. The maximum Gasteiger partial charge on any atom is 0.221 e. The van der Waals surface area contributed by atoms with Crippen LogP contribution in [0.1, 0.15) is 38.2 Å². The third-order valence-electron chi connectivity index (χ3n) is 4.21. The molecule has 0 aliphatic carbocycles. The number of fused-ring (bicyclic) bond motifs is 2. The molecule has 2 saturated heterocycles. The molecule has 5 heteroatoms. The van der Waals surface area contributed by atoms with Gasteiger partial charge in [-0.1, -0.05) is 0 Å². The van der Waals surface area contributed by atoms with Gasteiger partial charge in [-0.05, 0) is 39.5 Å². The summed E-state index contributed by atoms with van der Waals surface area (Å²) in [6.45, 7) is 4.66. The van der Waals surface area contributed by atoms with Crippen molar-refractivity contribution in [3.63, 3.8) is 0 Å². The molecule has 0 aromatic carbocycles. The Labute approximate surface area is 119 Å². The third-order valence-corrected chi connectivity index (χ3v) is 4.57. The number of rotatable bonds is 3. The molecule has 3 heterocycles. The van der Waals surface area contributed by atoms with Gasteiger partial charge < -0.3 is 9.64 Å². The summed E-state index contributed by atoms with van der Waals surface area (Å²) in [4.78, 5) is 11.2. The van der Waals surface area contributed by atoms with Gasteiger partial charge in [-0.3, -0.25) is 0 Å². The Morgan fingerprint density at radius 1 is 1.32 bits per heavy atom. The summed E-state index contributed by atoms with van der Waals surface area (Å²) in [6.07, 6.45) is 6.18. The fraction of sp³-hybridized carbons (Fsp3) is 0.714. The normalized spacial score (nSPS) is 29.6. The average molecular weight is 282 g/mol. The van der Waals surface area contributed by atoms with Crippen LogP contribution in [-0.4, -0.2) is 34.0 Å². The summed E-state index contributed by atoms with van der Waals surface area (Å²) in [7, 11) is 0. The quantitative estimate of drug-likeness (QED) is 0.799. The van der Waals surface area contributed by atoms with Gasteiger partial charge in [0.2, 0.25) is 5.88 Å². The summed E-state index contributed by atoms with van der Waals surface area (Å²) in [5, 5.41) is 0.322. The first-order valence-electron chi connectivity index (χ1n) is 7.07. The Bertz CT molecular complexity index is 454. The minimum Gasteiger partial charge on any atom is -0.478 e. The highest BCUT2D eigenvalue weighted by atomic mass is 35.5. The van der Waals surface area contributed by atoms with Crippen molar-refractivity contribution >= 4 is 17.4 Å². The van der Waals surface area contributed by atoms with E-state index < -0.39 is 0 Å². The molecular formula is C14H20ClN3O. The van der Waals surface area contributed by atoms with Crippen molar-refractivity contribution in [3.05, 3.63) is 11.9 Å². The van der Waals surface area contributed by atoms with E-state index in [2.05, 4.69) is 14.9 Å². The number of nitrogens with zero attached hydrogens (tertiary/aromatic N) is 3. The van der Waals surface area contributed by atoms with E-state index >= 15 is 0 Å². The number of hydrogen-bond acceptors (Lipinski definition) is 4. The zero-order chi connectivity index (χ0) is 13.4. The number of aromatic nitrogens is 2. The van der Waals surface area contributed by atoms with Gasteiger partial charge in [0, 0.05) is 17.5 Å². The molecule has 2 aliphatic rings. The molecule has 0 saturated carbocycles. The zero-order valence-electron chi connectivity index (χ0n) is 11.5. The largest absolute Gasteiger partial charge is 0.478 e. The molecule has 2 unspecified atom stereocenters. The molecule has 0 spiro atoms. The molecular weight excluding hydrogens is 262 g/mol. The number of ether oxygens (including phenoxy) is 1. The molecule has 2 bridgehead atoms. The summed E-state index contributed by atoms with van der Waals surface area (Å²) in [5.74, 6) is 1.74. The molecule has 0 radical (unpaired) electrons. The van der Waals surface area contributed by atoms with Crippen molar-refractivity contribution in [2.45, 2.75) is 57.0 Å². The second-order valence-corrected chi connectivity index (χ2v) is 6.04. The molecule has 2 fully saturated rings. The van der Waals surface area contributed by atoms with Gasteiger partial charge in [0.15, 0.2) is 0 Å². The average Bonchev–Trinajstić information content (AvgIpc) is 2.65. The standard InChI is InChI=1S/C14H20ClN3O/c1-3-19-14-9(2)13(16-8-17-14)18-11-4-5-12(18)7-10(15)6-11/h8,10-12H,3-7H2,1-2H3. The summed E-state index contributed by atoms with van der Waals surface area (Å²) < 4.78 is 5.58. The summed E-state index contributed by atoms with van der Waals surface area (Å²) in [6, 6.07) is 1.06. The van der Waals surface area contributed by atoms with Crippen LogP contribution in [0.25, 0.3) is 0 Å². The Hall–Kier alpha value is -1.03. The van der Waals surface area contributed by atoms with Gasteiger partial charge in [0.1, 0.15) is 12.1 Å². The Morgan fingerprint density at radius 3 is 2.63 bits per heavy atom. The van der Waals surface area contributed by atoms with E-state index in [1.165, 1.54) is 12.8 Å². The Balaban J connectivity index is 1.92. The van der Waals surface area contributed by atoms with Crippen molar-refractivity contribution in [1.29, 1.82) is 0 Å². The highest BCUT2D eigenvalue weighted by Gasteiger charge is 2.41. The first-order chi connectivity index (χ1) is 9.20. The predicted octanol–water partition coefficient (Wildman–Crippen LogP) is 2.92. The minimum absolute atomic E-state index is 0.322. The van der Waals surface area contributed by atoms with Gasteiger partial charge in [-0.15, -0.1) is 11.6 Å². The van der Waals surface area contributed by atoms with Crippen LogP contribution in [0, 0.1) is 6.92 Å². The van der Waals surface area contributed by atoms with Crippen molar-refractivity contribution in [1.82, 2.24) is 9.97 Å². The van der Waals surface area contributed by atoms with Gasteiger partial charge in [0.05, 0.1) is 12.2 Å². The van der Waals surface area contributed by atoms with E-state index in [-0.39, 0.29) is 0 Å². The lowest BCUT2D eigenvalue weighted by atomic mass is 10.0. The van der Waals surface area contributed by atoms with Crippen molar-refractivity contribution in [2.24, 2.45) is 0 Å². The second kappa shape index (κ2) is 5.16. The SMILES string of the molecule is CCOc1ncnc(N2C3CCC2CC(Cl)C3)c1C. The van der Waals surface area contributed by atoms with Crippen LogP contribution in [-0.2, 0) is 0 Å². The minimum atomic E-state index is 0.322. The molecule has 104 valence electrons. The first-order valence-corrected chi connectivity index (χ1v) is 7.51. The fourth-order valence-corrected chi connectivity index (χ4v) is 3.84. The van der Waals surface area contributed by atoms with Crippen LogP contribution >= 0.6 is 11.6 Å². The molecule has 0 amide bonds. The van der Waals surface area contributed by atoms with Gasteiger partial charge in [-0.25, -0.2) is 9.97 Å². The van der Waals surface area contributed by atoms with Crippen LogP contribution in [0.5, 0.6) is 5.88 Å². The monoisotopic (exact) mass is 281 g/mol. The van der Waals surface area contributed by atoms with Crippen molar-refractivity contribution in [2.75, 3.05) is 11.5 Å². The van der Waals surface area contributed by atoms with Crippen molar-refractivity contribution in [3.8, 4) is 5.88 Å². The van der Waals surface area contributed by atoms with E-state index in [9.17, 15) is 0 Å². The highest BCUT2D eigenvalue weighted by molar-refractivity contribution is 6.20. The summed E-state index contributed by atoms with van der Waals surface area (Å²) in [5.41, 5.74) is 1.05. The van der Waals surface area contributed by atoms with Gasteiger partial charge in [0.25, 0.3) is 0 Å². The van der Waals surface area contributed by atoms with Crippen LogP contribution in [0.3, 0.4) is 0 Å². The lowest BCUT2D eigenvalue weighted by Crippen LogP contribution is -2.44. The van der Waals surface area contributed by atoms with E-state index in [1.807, 2.05) is 13.8 Å². The molecule has 1 aromatic heterocycles. The van der Waals surface area contributed by atoms with Crippen LogP contribution in [0.4, 0.5) is 5.82 Å². The van der Waals surface area contributed by atoms with E-state index in [0.29, 0.717) is 29.9 Å². The lowest BCUT2D eigenvalue weighted by molar-refractivity contribution is 0.323. The number of alkyl halides is 1. The number of piperidine rings is 1. The number of anilines is 1. The van der Waals surface area contributed by atoms with E-state index in [1.54, 1.807) is 6.33 Å². The second-order valence-electron chi connectivity index (χ2n) is 5.42.